The highest BCUT2D eigenvalue weighted by atomic mass is 35.5. The fraction of sp³-hybridized carbons (Fsp3) is 0.269. The summed E-state index contributed by atoms with van der Waals surface area (Å²) in [5, 5.41) is 14.5. The lowest BCUT2D eigenvalue weighted by atomic mass is 10.0. The molecule has 194 valence electrons. The van der Waals surface area contributed by atoms with Crippen molar-refractivity contribution in [3.63, 3.8) is 0 Å². The molecule has 0 saturated heterocycles. The summed E-state index contributed by atoms with van der Waals surface area (Å²) in [6.45, 7) is 5.83. The lowest BCUT2D eigenvalue weighted by Crippen LogP contribution is -2.46. The maximum absolute atomic E-state index is 13.4. The Bertz CT molecular complexity index is 1540. The van der Waals surface area contributed by atoms with Crippen LogP contribution in [0.4, 0.5) is 11.8 Å². The summed E-state index contributed by atoms with van der Waals surface area (Å²) in [5.41, 5.74) is 4.10. The summed E-state index contributed by atoms with van der Waals surface area (Å²) in [5.74, 6) is 0.302. The van der Waals surface area contributed by atoms with Crippen molar-refractivity contribution in [2.24, 2.45) is 7.05 Å². The van der Waals surface area contributed by atoms with Crippen LogP contribution in [-0.2, 0) is 18.4 Å². The van der Waals surface area contributed by atoms with Crippen LogP contribution in [0.1, 0.15) is 47.2 Å². The highest BCUT2D eigenvalue weighted by Crippen LogP contribution is 2.32. The monoisotopic (exact) mass is 531 g/mol. The Hall–Kier alpha value is -4.38. The Morgan fingerprint density at radius 3 is 2.68 bits per heavy atom. The zero-order valence-electron chi connectivity index (χ0n) is 21.3. The smallest absolute Gasteiger partial charge is 0.255 e. The van der Waals surface area contributed by atoms with Gasteiger partial charge in [0.15, 0.2) is 5.82 Å². The molecule has 2 atom stereocenters. The molecule has 5 rings (SSSR count). The van der Waals surface area contributed by atoms with Crippen LogP contribution in [0.25, 0.3) is 11.3 Å². The molecular weight excluding hydrogens is 506 g/mol. The predicted molar refractivity (Wildman–Crippen MR) is 142 cm³/mol. The van der Waals surface area contributed by atoms with Gasteiger partial charge in [-0.2, -0.15) is 9.90 Å². The molecule has 11 nitrogen and oxygen atoms in total. The normalized spacial score (nSPS) is 14.2. The van der Waals surface area contributed by atoms with Gasteiger partial charge in [-0.1, -0.05) is 29.8 Å². The zero-order chi connectivity index (χ0) is 27.0. The molecule has 2 unspecified atom stereocenters. The van der Waals surface area contributed by atoms with Gasteiger partial charge in [0.25, 0.3) is 5.91 Å². The number of fused-ring (bicyclic) bond motifs is 1. The van der Waals surface area contributed by atoms with E-state index < -0.39 is 6.04 Å². The minimum absolute atomic E-state index is 0.228. The van der Waals surface area contributed by atoms with Crippen molar-refractivity contribution in [3.05, 3.63) is 76.3 Å². The Morgan fingerprint density at radius 1 is 1.13 bits per heavy atom. The Labute approximate surface area is 224 Å². The second kappa shape index (κ2) is 10.2. The average Bonchev–Trinajstić information content (AvgIpc) is 3.46. The molecule has 2 N–H and O–H groups in total. The van der Waals surface area contributed by atoms with Crippen molar-refractivity contribution in [2.45, 2.75) is 39.4 Å². The molecule has 1 aromatic carbocycles. The number of carbonyl (C=O) groups excluding carboxylic acids is 2. The van der Waals surface area contributed by atoms with Crippen molar-refractivity contribution < 1.29 is 9.59 Å². The molecule has 3 aromatic heterocycles. The zero-order valence-corrected chi connectivity index (χ0v) is 22.1. The van der Waals surface area contributed by atoms with Crippen LogP contribution in [0.3, 0.4) is 0 Å². The number of carbonyl (C=O) groups is 2. The predicted octanol–water partition coefficient (Wildman–Crippen LogP) is 3.59. The first-order valence-corrected chi connectivity index (χ1v) is 12.4. The van der Waals surface area contributed by atoms with Gasteiger partial charge in [-0.3, -0.25) is 14.6 Å². The minimum Gasteiger partial charge on any atom is -0.346 e. The molecule has 2 amide bonds. The van der Waals surface area contributed by atoms with Gasteiger partial charge in [0.2, 0.25) is 11.9 Å². The van der Waals surface area contributed by atoms with E-state index in [0.29, 0.717) is 40.2 Å². The summed E-state index contributed by atoms with van der Waals surface area (Å²) in [6, 6.07) is 10.2. The largest absolute Gasteiger partial charge is 0.346 e. The van der Waals surface area contributed by atoms with Gasteiger partial charge >= 0.3 is 0 Å². The maximum Gasteiger partial charge on any atom is 0.255 e. The Morgan fingerprint density at radius 2 is 1.95 bits per heavy atom. The number of hydrogen-bond donors (Lipinski definition) is 2. The van der Waals surface area contributed by atoms with Crippen molar-refractivity contribution in [3.8, 4) is 11.3 Å². The number of halogens is 1. The minimum atomic E-state index is -0.670. The quantitative estimate of drug-likeness (QED) is 0.370. The summed E-state index contributed by atoms with van der Waals surface area (Å²) in [6.07, 6.45) is 3.04. The molecular formula is C26H26ClN9O2. The lowest BCUT2D eigenvalue weighted by Gasteiger charge is -2.25. The first-order chi connectivity index (χ1) is 18.2. The van der Waals surface area contributed by atoms with E-state index in [2.05, 4.69) is 35.8 Å². The molecule has 12 heteroatoms. The van der Waals surface area contributed by atoms with Crippen LogP contribution in [0.5, 0.6) is 0 Å². The van der Waals surface area contributed by atoms with E-state index in [1.165, 1.54) is 11.0 Å². The molecule has 0 radical (unpaired) electrons. The van der Waals surface area contributed by atoms with Crippen LogP contribution in [0.2, 0.25) is 5.02 Å². The third-order valence-electron chi connectivity index (χ3n) is 6.36. The van der Waals surface area contributed by atoms with Gasteiger partial charge in [0.05, 0.1) is 34.8 Å². The van der Waals surface area contributed by atoms with Crippen LogP contribution in [0.15, 0.2) is 48.8 Å². The molecule has 0 spiro atoms. The molecule has 1 aliphatic heterocycles. The number of benzene rings is 1. The summed E-state index contributed by atoms with van der Waals surface area (Å²) in [7, 11) is 1.70. The number of nitrogens with zero attached hydrogens (tertiary/aromatic N) is 7. The average molecular weight is 532 g/mol. The molecule has 4 aromatic rings. The number of amides is 2. The Kier molecular flexibility index (Phi) is 6.77. The van der Waals surface area contributed by atoms with Gasteiger partial charge in [0.1, 0.15) is 6.04 Å². The van der Waals surface area contributed by atoms with Crippen molar-refractivity contribution in [1.82, 2.24) is 40.2 Å². The van der Waals surface area contributed by atoms with E-state index >= 15 is 0 Å². The van der Waals surface area contributed by atoms with Crippen LogP contribution >= 0.6 is 11.6 Å². The van der Waals surface area contributed by atoms with Gasteiger partial charge < -0.3 is 15.5 Å². The third-order valence-corrected chi connectivity index (χ3v) is 6.63. The molecule has 0 saturated carbocycles. The first kappa shape index (κ1) is 25.3. The van der Waals surface area contributed by atoms with E-state index in [9.17, 15) is 9.59 Å². The number of pyridine rings is 1. The highest BCUT2D eigenvalue weighted by Gasteiger charge is 2.34. The second-order valence-corrected chi connectivity index (χ2v) is 9.56. The molecule has 0 aliphatic carbocycles. The molecule has 38 heavy (non-hydrogen) atoms. The molecule has 0 fully saturated rings. The molecule has 1 aliphatic rings. The number of rotatable bonds is 7. The Balaban J connectivity index is 1.33. The topological polar surface area (TPSA) is 131 Å². The van der Waals surface area contributed by atoms with Crippen LogP contribution in [-0.4, -0.2) is 52.7 Å². The van der Waals surface area contributed by atoms with E-state index in [-0.39, 0.29) is 17.9 Å². The summed E-state index contributed by atoms with van der Waals surface area (Å²) < 4.78 is 0. The molecule has 4 heterocycles. The summed E-state index contributed by atoms with van der Waals surface area (Å²) in [4.78, 5) is 42.6. The van der Waals surface area contributed by atoms with E-state index in [4.69, 9.17) is 11.6 Å². The SMILES string of the molecule is Cc1cccc(C(C)NC(=O)C(C)N2Cc3ccc(-c4nc(Nc5cnn(C)n5)ncc4Cl)cc3C2=O)n1. The second-order valence-electron chi connectivity index (χ2n) is 9.15. The number of hydrogen-bond acceptors (Lipinski definition) is 8. The summed E-state index contributed by atoms with van der Waals surface area (Å²) >= 11 is 6.42. The fourth-order valence-electron chi connectivity index (χ4n) is 4.29. The van der Waals surface area contributed by atoms with Gasteiger partial charge in [-0.25, -0.2) is 9.97 Å². The number of nitrogens with one attached hydrogen (secondary N) is 2. The first-order valence-electron chi connectivity index (χ1n) is 12.0. The third kappa shape index (κ3) is 5.05. The maximum atomic E-state index is 13.4. The van der Waals surface area contributed by atoms with Crippen molar-refractivity contribution >= 4 is 35.2 Å². The van der Waals surface area contributed by atoms with Gasteiger partial charge in [0, 0.05) is 30.4 Å². The van der Waals surface area contributed by atoms with Gasteiger partial charge in [-0.05, 0) is 44.5 Å². The lowest BCUT2D eigenvalue weighted by molar-refractivity contribution is -0.125. The van der Waals surface area contributed by atoms with E-state index in [1.54, 1.807) is 31.1 Å². The number of aromatic nitrogens is 6. The molecule has 0 bridgehead atoms. The van der Waals surface area contributed by atoms with Crippen molar-refractivity contribution in [2.75, 3.05) is 5.32 Å². The van der Waals surface area contributed by atoms with E-state index in [0.717, 1.165) is 17.0 Å². The highest BCUT2D eigenvalue weighted by molar-refractivity contribution is 6.33. The van der Waals surface area contributed by atoms with E-state index in [1.807, 2.05) is 44.2 Å². The van der Waals surface area contributed by atoms with Crippen molar-refractivity contribution in [1.29, 1.82) is 0 Å². The number of aryl methyl sites for hydroxylation is 2. The van der Waals surface area contributed by atoms with Crippen LogP contribution in [0, 0.1) is 6.92 Å². The van der Waals surface area contributed by atoms with Gasteiger partial charge in [-0.15, -0.1) is 5.10 Å². The number of anilines is 2. The fourth-order valence-corrected chi connectivity index (χ4v) is 4.49. The van der Waals surface area contributed by atoms with Crippen LogP contribution < -0.4 is 10.6 Å². The standard InChI is InChI=1S/C26H26ClN9O2/c1-14-6-5-7-21(30-14)15(2)31-24(37)16(3)36-13-18-9-8-17(10-19(18)25(36)38)23-20(27)11-28-26(33-23)32-22-12-29-35(4)34-22/h5-12,15-16H,13H2,1-4H3,(H,31,37)(H,28,32,33,34).